The van der Waals surface area contributed by atoms with Crippen molar-refractivity contribution in [2.45, 2.75) is 31.1 Å². The third-order valence-electron chi connectivity index (χ3n) is 3.32. The van der Waals surface area contributed by atoms with Crippen LogP contribution in [0.2, 0.25) is 0 Å². The first kappa shape index (κ1) is 14.9. The van der Waals surface area contributed by atoms with Crippen LogP contribution in [-0.2, 0) is 12.5 Å². The van der Waals surface area contributed by atoms with Crippen LogP contribution in [0.5, 0.6) is 0 Å². The molecule has 0 fully saturated rings. The Bertz CT molecular complexity index is 590. The number of hydrogen-bond acceptors (Lipinski definition) is 2. The van der Waals surface area contributed by atoms with Crippen molar-refractivity contribution in [2.24, 2.45) is 7.05 Å². The van der Waals surface area contributed by atoms with E-state index in [1.165, 1.54) is 5.56 Å². The maximum atomic E-state index is 12.1. The zero-order valence-electron chi connectivity index (χ0n) is 12.5. The van der Waals surface area contributed by atoms with Gasteiger partial charge in [-0.05, 0) is 35.2 Å². The van der Waals surface area contributed by atoms with Crippen LogP contribution in [0, 0.1) is 0 Å². The Labute approximate surface area is 125 Å². The maximum Gasteiger partial charge on any atom is 0.189 e. The number of carbonyl (C=O) groups is 1. The minimum Gasteiger partial charge on any atom is -0.348 e. The summed E-state index contributed by atoms with van der Waals surface area (Å²) < 4.78 is 1.87. The summed E-state index contributed by atoms with van der Waals surface area (Å²) in [5.74, 6) is 0.648. The molecule has 2 nitrogen and oxygen atoms in total. The molecular formula is C17H21NOS. The lowest BCUT2D eigenvalue weighted by atomic mass is 9.87. The van der Waals surface area contributed by atoms with Gasteiger partial charge in [-0.25, -0.2) is 0 Å². The number of carbonyl (C=O) groups excluding carboxylic acids is 1. The van der Waals surface area contributed by atoms with E-state index >= 15 is 0 Å². The van der Waals surface area contributed by atoms with Gasteiger partial charge in [0, 0.05) is 18.1 Å². The van der Waals surface area contributed by atoms with Crippen LogP contribution in [0.25, 0.3) is 0 Å². The van der Waals surface area contributed by atoms with Crippen molar-refractivity contribution in [1.29, 1.82) is 0 Å². The highest BCUT2D eigenvalue weighted by atomic mass is 32.2. The van der Waals surface area contributed by atoms with Crippen LogP contribution in [0.1, 0.15) is 36.8 Å². The topological polar surface area (TPSA) is 22.0 Å². The number of benzene rings is 1. The highest BCUT2D eigenvalue weighted by molar-refractivity contribution is 8.00. The first-order valence-electron chi connectivity index (χ1n) is 6.76. The Morgan fingerprint density at radius 2 is 1.80 bits per heavy atom. The fraction of sp³-hybridized carbons (Fsp3) is 0.353. The van der Waals surface area contributed by atoms with Gasteiger partial charge in [-0.2, -0.15) is 0 Å². The molecule has 0 saturated carbocycles. The molecule has 0 aliphatic rings. The maximum absolute atomic E-state index is 12.1. The SMILES string of the molecule is Cn1cccc1C(=O)CSc1ccc(C(C)(C)C)cc1. The van der Waals surface area contributed by atoms with E-state index in [9.17, 15) is 4.79 Å². The van der Waals surface area contributed by atoms with Crippen molar-refractivity contribution in [1.82, 2.24) is 4.57 Å². The van der Waals surface area contributed by atoms with Gasteiger partial charge >= 0.3 is 0 Å². The molecule has 0 atom stereocenters. The van der Waals surface area contributed by atoms with Gasteiger partial charge < -0.3 is 4.57 Å². The highest BCUT2D eigenvalue weighted by Crippen LogP contribution is 2.26. The van der Waals surface area contributed by atoms with Crippen molar-refractivity contribution in [2.75, 3.05) is 5.75 Å². The zero-order valence-corrected chi connectivity index (χ0v) is 13.3. The Morgan fingerprint density at radius 3 is 2.30 bits per heavy atom. The third kappa shape index (κ3) is 3.54. The van der Waals surface area contributed by atoms with E-state index in [1.54, 1.807) is 11.8 Å². The van der Waals surface area contributed by atoms with Crippen molar-refractivity contribution in [3.05, 3.63) is 53.9 Å². The Balaban J connectivity index is 1.98. The lowest BCUT2D eigenvalue weighted by Gasteiger charge is -2.19. The third-order valence-corrected chi connectivity index (χ3v) is 4.33. The Kier molecular flexibility index (Phi) is 4.39. The van der Waals surface area contributed by atoms with Crippen LogP contribution in [0.3, 0.4) is 0 Å². The van der Waals surface area contributed by atoms with Crippen LogP contribution < -0.4 is 0 Å². The van der Waals surface area contributed by atoms with E-state index in [-0.39, 0.29) is 11.2 Å². The second-order valence-corrected chi connectivity index (χ2v) is 7.04. The molecule has 2 rings (SSSR count). The number of Topliss-reactive ketones (excluding diaryl/α,β-unsaturated/α-hetero) is 1. The summed E-state index contributed by atoms with van der Waals surface area (Å²) in [7, 11) is 1.90. The van der Waals surface area contributed by atoms with Crippen molar-refractivity contribution >= 4 is 17.5 Å². The smallest absolute Gasteiger partial charge is 0.189 e. The normalized spacial score (nSPS) is 11.6. The number of thioether (sulfide) groups is 1. The Morgan fingerprint density at radius 1 is 1.15 bits per heavy atom. The summed E-state index contributed by atoms with van der Waals surface area (Å²) in [6.45, 7) is 6.61. The second kappa shape index (κ2) is 5.88. The number of aromatic nitrogens is 1. The minimum atomic E-state index is 0.169. The quantitative estimate of drug-likeness (QED) is 0.618. The van der Waals surface area contributed by atoms with Crippen LogP contribution in [0.15, 0.2) is 47.5 Å². The molecule has 0 aliphatic heterocycles. The van der Waals surface area contributed by atoms with Gasteiger partial charge in [-0.3, -0.25) is 4.79 Å². The summed E-state index contributed by atoms with van der Waals surface area (Å²) >= 11 is 1.59. The molecule has 0 amide bonds. The molecule has 0 N–H and O–H groups in total. The lowest BCUT2D eigenvalue weighted by Crippen LogP contribution is -2.10. The number of aryl methyl sites for hydroxylation is 1. The first-order valence-corrected chi connectivity index (χ1v) is 7.74. The van der Waals surface area contributed by atoms with Gasteiger partial charge in [-0.15, -0.1) is 11.8 Å². The van der Waals surface area contributed by atoms with Gasteiger partial charge in [0.2, 0.25) is 0 Å². The van der Waals surface area contributed by atoms with Gasteiger partial charge in [0.05, 0.1) is 11.4 Å². The molecule has 2 aromatic rings. The van der Waals surface area contributed by atoms with E-state index < -0.39 is 0 Å². The van der Waals surface area contributed by atoms with Gasteiger partial charge in [-0.1, -0.05) is 32.9 Å². The fourth-order valence-electron chi connectivity index (χ4n) is 2.02. The standard InChI is InChI=1S/C17H21NOS/c1-17(2,3)13-7-9-14(10-8-13)20-12-16(19)15-6-5-11-18(15)4/h5-11H,12H2,1-4H3. The van der Waals surface area contributed by atoms with Crippen LogP contribution in [-0.4, -0.2) is 16.1 Å². The zero-order chi connectivity index (χ0) is 14.8. The average Bonchev–Trinajstić information content (AvgIpc) is 2.82. The molecule has 0 bridgehead atoms. The second-order valence-electron chi connectivity index (χ2n) is 5.99. The molecule has 1 aromatic heterocycles. The first-order chi connectivity index (χ1) is 9.38. The predicted octanol–water partition coefficient (Wildman–Crippen LogP) is 4.30. The average molecular weight is 287 g/mol. The molecule has 3 heteroatoms. The van der Waals surface area contributed by atoms with E-state index in [2.05, 4.69) is 45.0 Å². The number of rotatable bonds is 4. The van der Waals surface area contributed by atoms with Gasteiger partial charge in [0.1, 0.15) is 0 Å². The summed E-state index contributed by atoms with van der Waals surface area (Å²) in [5, 5.41) is 0. The van der Waals surface area contributed by atoms with E-state index in [0.717, 1.165) is 10.6 Å². The van der Waals surface area contributed by atoms with Gasteiger partial charge in [0.25, 0.3) is 0 Å². The van der Waals surface area contributed by atoms with Crippen LogP contribution in [0.4, 0.5) is 0 Å². The lowest BCUT2D eigenvalue weighted by molar-refractivity contribution is 0.101. The summed E-state index contributed by atoms with van der Waals surface area (Å²) in [5.41, 5.74) is 2.25. The van der Waals surface area contributed by atoms with Crippen LogP contribution >= 0.6 is 11.8 Å². The Hall–Kier alpha value is -1.48. The summed E-state index contributed by atoms with van der Waals surface area (Å²) in [6, 6.07) is 12.3. The molecule has 1 heterocycles. The highest BCUT2D eigenvalue weighted by Gasteiger charge is 2.13. The van der Waals surface area contributed by atoms with E-state index in [0.29, 0.717) is 5.75 Å². The largest absolute Gasteiger partial charge is 0.348 e. The number of hydrogen-bond donors (Lipinski definition) is 0. The molecule has 0 saturated heterocycles. The fourth-order valence-corrected chi connectivity index (χ4v) is 2.80. The molecule has 1 aromatic carbocycles. The molecular weight excluding hydrogens is 266 g/mol. The summed E-state index contributed by atoms with van der Waals surface area (Å²) in [4.78, 5) is 13.2. The molecule has 106 valence electrons. The van der Waals surface area contributed by atoms with E-state index in [4.69, 9.17) is 0 Å². The molecule has 0 spiro atoms. The predicted molar refractivity (Wildman–Crippen MR) is 85.6 cm³/mol. The molecule has 0 aliphatic carbocycles. The number of ketones is 1. The van der Waals surface area contributed by atoms with Crippen molar-refractivity contribution in [3.63, 3.8) is 0 Å². The van der Waals surface area contributed by atoms with Gasteiger partial charge in [0.15, 0.2) is 5.78 Å². The van der Waals surface area contributed by atoms with Crippen molar-refractivity contribution in [3.8, 4) is 0 Å². The molecule has 0 unspecified atom stereocenters. The molecule has 20 heavy (non-hydrogen) atoms. The minimum absolute atomic E-state index is 0.169. The van der Waals surface area contributed by atoms with E-state index in [1.807, 2.05) is 29.9 Å². The summed E-state index contributed by atoms with van der Waals surface area (Å²) in [6.07, 6.45) is 1.90. The van der Waals surface area contributed by atoms with Crippen molar-refractivity contribution < 1.29 is 4.79 Å². The monoisotopic (exact) mass is 287 g/mol. The number of nitrogens with zero attached hydrogens (tertiary/aromatic N) is 1. The molecule has 0 radical (unpaired) electrons.